The van der Waals surface area contributed by atoms with Crippen LogP contribution in [0.25, 0.3) is 33.4 Å². The number of hydrogen-bond donors (Lipinski definition) is 0. The van der Waals surface area contributed by atoms with Gasteiger partial charge in [0.05, 0.1) is 16.7 Å². The lowest BCUT2D eigenvalue weighted by atomic mass is 9.81. The van der Waals surface area contributed by atoms with Gasteiger partial charge in [0.1, 0.15) is 18.2 Å². The van der Waals surface area contributed by atoms with Gasteiger partial charge in [-0.15, -0.1) is 0 Å². The minimum Gasteiger partial charge on any atom is -0.265 e. The Hall–Kier alpha value is -4.86. The van der Waals surface area contributed by atoms with Gasteiger partial charge in [0.2, 0.25) is 0 Å². The Morgan fingerprint density at radius 2 is 0.667 bits per heavy atom. The van der Waals surface area contributed by atoms with Crippen molar-refractivity contribution in [2.45, 2.75) is 0 Å². The summed E-state index contributed by atoms with van der Waals surface area (Å²) in [5.41, 5.74) is 4.23. The number of benzene rings is 1. The van der Waals surface area contributed by atoms with E-state index in [0.29, 0.717) is 33.4 Å². The highest BCUT2D eigenvalue weighted by Gasteiger charge is 2.26. The zero-order valence-electron chi connectivity index (χ0n) is 15.6. The fourth-order valence-corrected chi connectivity index (χ4v) is 3.51. The normalized spacial score (nSPS) is 9.90. The second kappa shape index (κ2) is 8.02. The third-order valence-corrected chi connectivity index (χ3v) is 4.74. The summed E-state index contributed by atoms with van der Waals surface area (Å²) < 4.78 is 0. The smallest absolute Gasteiger partial charge is 0.101 e. The standard InChI is InChI=1S/C24H12N6/c25-13-19-22(16-1-7-28-8-2-16)20(14-26)24(18-5-11-30-12-6-18)21(15-27)23(19)17-3-9-29-10-4-17/h1-12H. The first-order chi connectivity index (χ1) is 14.8. The minimum absolute atomic E-state index is 0.262. The number of hydrogen-bond acceptors (Lipinski definition) is 6. The van der Waals surface area contributed by atoms with E-state index in [2.05, 4.69) is 33.2 Å². The van der Waals surface area contributed by atoms with Gasteiger partial charge >= 0.3 is 0 Å². The molecule has 4 aromatic rings. The van der Waals surface area contributed by atoms with Crippen LogP contribution in [0.5, 0.6) is 0 Å². The van der Waals surface area contributed by atoms with Crippen molar-refractivity contribution in [3.63, 3.8) is 0 Å². The van der Waals surface area contributed by atoms with E-state index >= 15 is 0 Å². The fourth-order valence-electron chi connectivity index (χ4n) is 3.51. The molecule has 3 heterocycles. The van der Waals surface area contributed by atoms with Crippen molar-refractivity contribution in [1.29, 1.82) is 15.8 Å². The quantitative estimate of drug-likeness (QED) is 0.515. The minimum atomic E-state index is 0.262. The predicted octanol–water partition coefficient (Wildman–Crippen LogP) is 4.49. The fraction of sp³-hybridized carbons (Fsp3) is 0. The summed E-state index contributed by atoms with van der Waals surface area (Å²) in [6, 6.07) is 17.2. The first-order valence-electron chi connectivity index (χ1n) is 8.95. The average molecular weight is 384 g/mol. The molecule has 1 aromatic carbocycles. The van der Waals surface area contributed by atoms with Crippen LogP contribution in [0, 0.1) is 34.0 Å². The highest BCUT2D eigenvalue weighted by atomic mass is 14.6. The SMILES string of the molecule is N#Cc1c(-c2ccncc2)c(C#N)c(-c2ccncc2)c(C#N)c1-c1ccncc1. The van der Waals surface area contributed by atoms with Crippen LogP contribution < -0.4 is 0 Å². The Bertz CT molecular complexity index is 1150. The second-order valence-electron chi connectivity index (χ2n) is 6.29. The molecule has 4 rings (SSSR count). The maximum atomic E-state index is 10.1. The van der Waals surface area contributed by atoms with E-state index in [1.54, 1.807) is 73.6 Å². The van der Waals surface area contributed by atoms with Crippen molar-refractivity contribution in [3.8, 4) is 51.6 Å². The number of aromatic nitrogens is 3. The van der Waals surface area contributed by atoms with Crippen molar-refractivity contribution < 1.29 is 0 Å². The van der Waals surface area contributed by atoms with E-state index in [4.69, 9.17) is 0 Å². The molecule has 0 amide bonds. The molecule has 30 heavy (non-hydrogen) atoms. The van der Waals surface area contributed by atoms with Gasteiger partial charge < -0.3 is 0 Å². The molecule has 0 aliphatic heterocycles. The summed E-state index contributed by atoms with van der Waals surface area (Å²) >= 11 is 0. The second-order valence-corrected chi connectivity index (χ2v) is 6.29. The number of nitriles is 3. The van der Waals surface area contributed by atoms with E-state index in [1.165, 1.54) is 0 Å². The first-order valence-corrected chi connectivity index (χ1v) is 8.95. The Balaban J connectivity index is 2.27. The third-order valence-electron chi connectivity index (χ3n) is 4.74. The van der Waals surface area contributed by atoms with Crippen LogP contribution in [0.2, 0.25) is 0 Å². The monoisotopic (exact) mass is 384 g/mol. The van der Waals surface area contributed by atoms with Crippen molar-refractivity contribution in [2.24, 2.45) is 0 Å². The number of rotatable bonds is 3. The van der Waals surface area contributed by atoms with Crippen LogP contribution >= 0.6 is 0 Å². The van der Waals surface area contributed by atoms with Crippen molar-refractivity contribution in [1.82, 2.24) is 15.0 Å². The Morgan fingerprint density at radius 3 is 0.867 bits per heavy atom. The van der Waals surface area contributed by atoms with E-state index in [0.717, 1.165) is 0 Å². The number of nitrogens with zero attached hydrogens (tertiary/aromatic N) is 6. The highest BCUT2D eigenvalue weighted by Crippen LogP contribution is 2.43. The lowest BCUT2D eigenvalue weighted by Crippen LogP contribution is -2.03. The van der Waals surface area contributed by atoms with Gasteiger partial charge in [0.15, 0.2) is 0 Å². The van der Waals surface area contributed by atoms with Gasteiger partial charge in [-0.3, -0.25) is 15.0 Å². The first kappa shape index (κ1) is 18.5. The Kier molecular flexibility index (Phi) is 4.95. The molecule has 3 aromatic heterocycles. The summed E-state index contributed by atoms with van der Waals surface area (Å²) in [6.07, 6.45) is 9.63. The van der Waals surface area contributed by atoms with Gasteiger partial charge in [-0.25, -0.2) is 0 Å². The average Bonchev–Trinajstić information content (AvgIpc) is 2.83. The van der Waals surface area contributed by atoms with Crippen LogP contribution in [0.1, 0.15) is 16.7 Å². The molecule has 138 valence electrons. The Morgan fingerprint density at radius 1 is 0.433 bits per heavy atom. The predicted molar refractivity (Wildman–Crippen MR) is 110 cm³/mol. The molecular formula is C24H12N6. The van der Waals surface area contributed by atoms with Gasteiger partial charge in [-0.2, -0.15) is 15.8 Å². The van der Waals surface area contributed by atoms with Crippen LogP contribution in [-0.2, 0) is 0 Å². The molecule has 0 spiro atoms. The lowest BCUT2D eigenvalue weighted by molar-refractivity contribution is 1.31. The third kappa shape index (κ3) is 3.03. The highest BCUT2D eigenvalue weighted by molar-refractivity contribution is 5.97. The molecule has 0 N–H and O–H groups in total. The molecule has 0 aliphatic rings. The van der Waals surface area contributed by atoms with Gasteiger partial charge in [-0.1, -0.05) is 0 Å². The molecule has 0 atom stereocenters. The van der Waals surface area contributed by atoms with Gasteiger partial charge in [-0.05, 0) is 53.1 Å². The van der Waals surface area contributed by atoms with Gasteiger partial charge in [0.25, 0.3) is 0 Å². The molecular weight excluding hydrogens is 372 g/mol. The van der Waals surface area contributed by atoms with Crippen LogP contribution in [0.3, 0.4) is 0 Å². The van der Waals surface area contributed by atoms with Crippen LogP contribution in [-0.4, -0.2) is 15.0 Å². The molecule has 6 heteroatoms. The largest absolute Gasteiger partial charge is 0.265 e. The lowest BCUT2D eigenvalue weighted by Gasteiger charge is -2.19. The molecule has 0 aliphatic carbocycles. The zero-order chi connectivity index (χ0) is 20.9. The van der Waals surface area contributed by atoms with Gasteiger partial charge in [0, 0.05) is 53.9 Å². The van der Waals surface area contributed by atoms with Crippen LogP contribution in [0.15, 0.2) is 73.6 Å². The molecule has 0 radical (unpaired) electrons. The summed E-state index contributed by atoms with van der Waals surface area (Å²) in [4.78, 5) is 12.1. The maximum absolute atomic E-state index is 10.1. The molecule has 0 saturated heterocycles. The van der Waals surface area contributed by atoms with Crippen LogP contribution in [0.4, 0.5) is 0 Å². The van der Waals surface area contributed by atoms with Crippen molar-refractivity contribution in [2.75, 3.05) is 0 Å². The number of pyridine rings is 3. The zero-order valence-corrected chi connectivity index (χ0v) is 15.6. The topological polar surface area (TPSA) is 110 Å². The maximum Gasteiger partial charge on any atom is 0.101 e. The Labute approximate surface area is 173 Å². The molecule has 6 nitrogen and oxygen atoms in total. The van der Waals surface area contributed by atoms with E-state index in [9.17, 15) is 15.8 Å². The molecule has 0 saturated carbocycles. The summed E-state index contributed by atoms with van der Waals surface area (Å²) in [5, 5.41) is 30.3. The molecule has 0 bridgehead atoms. The van der Waals surface area contributed by atoms with E-state index in [-0.39, 0.29) is 16.7 Å². The molecule has 0 unspecified atom stereocenters. The summed E-state index contributed by atoms with van der Waals surface area (Å²) in [7, 11) is 0. The summed E-state index contributed by atoms with van der Waals surface area (Å²) in [6.45, 7) is 0. The van der Waals surface area contributed by atoms with Crippen molar-refractivity contribution in [3.05, 3.63) is 90.3 Å². The van der Waals surface area contributed by atoms with E-state index in [1.807, 2.05) is 0 Å². The summed E-state index contributed by atoms with van der Waals surface area (Å²) in [5.74, 6) is 0. The van der Waals surface area contributed by atoms with Crippen molar-refractivity contribution >= 4 is 0 Å². The van der Waals surface area contributed by atoms with E-state index < -0.39 is 0 Å². The molecule has 0 fully saturated rings.